The van der Waals surface area contributed by atoms with E-state index in [0.29, 0.717) is 0 Å². The van der Waals surface area contributed by atoms with Gasteiger partial charge in [-0.05, 0) is 64.2 Å². The lowest BCUT2D eigenvalue weighted by molar-refractivity contribution is -0.137. The summed E-state index contributed by atoms with van der Waals surface area (Å²) in [6, 6.07) is 0. The monoisotopic (exact) mass is 432 g/mol. The Balaban J connectivity index is 3.17. The Bertz CT molecular complexity index is 448. The molecule has 0 fully saturated rings. The molecule has 0 atom stereocenters. The van der Waals surface area contributed by atoms with Gasteiger partial charge in [-0.1, -0.05) is 108 Å². The Labute approximate surface area is 194 Å². The quantitative estimate of drug-likeness (QED) is 0.122. The highest BCUT2D eigenvalue weighted by Gasteiger charge is 1.94. The van der Waals surface area contributed by atoms with Crippen molar-refractivity contribution in [3.63, 3.8) is 0 Å². The topological polar surface area (TPSA) is 37.3 Å². The lowest BCUT2D eigenvalue weighted by atomic mass is 10.0. The van der Waals surface area contributed by atoms with Gasteiger partial charge in [-0.25, -0.2) is 0 Å². The van der Waals surface area contributed by atoms with Crippen molar-refractivity contribution in [1.82, 2.24) is 0 Å². The van der Waals surface area contributed by atoms with Gasteiger partial charge in [0.15, 0.2) is 0 Å². The first-order chi connectivity index (χ1) is 15.3. The molecule has 0 saturated heterocycles. The number of hydrogen-bond acceptors (Lipinski definition) is 1. The third kappa shape index (κ3) is 28.7. The van der Waals surface area contributed by atoms with Crippen LogP contribution in [0, 0.1) is 0 Å². The third-order valence-corrected chi connectivity index (χ3v) is 5.73. The maximum atomic E-state index is 10.4. The molecule has 0 bridgehead atoms. The van der Waals surface area contributed by atoms with Crippen LogP contribution in [0.5, 0.6) is 0 Å². The lowest BCUT2D eigenvalue weighted by Gasteiger charge is -2.02. The largest absolute Gasteiger partial charge is 0.481 e. The molecule has 0 aliphatic rings. The molecule has 0 amide bonds. The van der Waals surface area contributed by atoms with Crippen LogP contribution in [0.25, 0.3) is 0 Å². The summed E-state index contributed by atoms with van der Waals surface area (Å²) in [6.45, 7) is 2.27. The van der Waals surface area contributed by atoms with Gasteiger partial charge in [-0.3, -0.25) is 4.79 Å². The predicted octanol–water partition coefficient (Wildman–Crippen LogP) is 9.95. The second-order valence-corrected chi connectivity index (χ2v) is 8.89. The number of unbranched alkanes of at least 4 members (excludes halogenated alkanes) is 16. The molecule has 0 radical (unpaired) electrons. The highest BCUT2D eigenvalue weighted by molar-refractivity contribution is 5.66. The van der Waals surface area contributed by atoms with E-state index >= 15 is 0 Å². The molecule has 0 spiro atoms. The van der Waals surface area contributed by atoms with Gasteiger partial charge < -0.3 is 5.11 Å². The number of rotatable bonds is 24. The van der Waals surface area contributed by atoms with E-state index in [0.717, 1.165) is 25.7 Å². The molecular formula is C29H52O2. The van der Waals surface area contributed by atoms with Gasteiger partial charge in [-0.2, -0.15) is 0 Å². The summed E-state index contributed by atoms with van der Waals surface area (Å²) in [5.74, 6) is -0.696. The first-order valence-corrected chi connectivity index (χ1v) is 13.4. The third-order valence-electron chi connectivity index (χ3n) is 5.73. The Morgan fingerprint density at radius 1 is 0.484 bits per heavy atom. The van der Waals surface area contributed by atoms with Crippen LogP contribution in [-0.4, -0.2) is 11.1 Å². The summed E-state index contributed by atoms with van der Waals surface area (Å²) < 4.78 is 0. The van der Waals surface area contributed by atoms with Crippen molar-refractivity contribution in [3.05, 3.63) is 36.5 Å². The van der Waals surface area contributed by atoms with Crippen LogP contribution in [0.1, 0.15) is 142 Å². The maximum Gasteiger partial charge on any atom is 0.303 e. The van der Waals surface area contributed by atoms with E-state index in [9.17, 15) is 4.79 Å². The van der Waals surface area contributed by atoms with E-state index in [1.165, 1.54) is 103 Å². The van der Waals surface area contributed by atoms with Crippen LogP contribution >= 0.6 is 0 Å². The van der Waals surface area contributed by atoms with E-state index in [2.05, 4.69) is 43.4 Å². The van der Waals surface area contributed by atoms with Crippen LogP contribution < -0.4 is 0 Å². The first-order valence-electron chi connectivity index (χ1n) is 13.4. The standard InChI is InChI=1S/C29H52O2/c1-2-3-4-5-6-7-8-9-10-11-12-13-14-15-16-17-18-19-20-21-22-23-24-25-26-27-28-29(30)31/h6-7,20-21,24-25H,2-5,8-19,22-23,26-28H2,1H3,(H,30,31)/b7-6-,21-20-,25-24-. The molecule has 0 aliphatic heterocycles. The molecule has 0 rings (SSSR count). The van der Waals surface area contributed by atoms with Gasteiger partial charge in [0.1, 0.15) is 0 Å². The van der Waals surface area contributed by atoms with Crippen molar-refractivity contribution in [2.24, 2.45) is 0 Å². The summed E-state index contributed by atoms with van der Waals surface area (Å²) in [6.07, 6.45) is 39.6. The number of carboxylic acids is 1. The lowest BCUT2D eigenvalue weighted by Crippen LogP contribution is -1.92. The summed E-state index contributed by atoms with van der Waals surface area (Å²) in [5, 5.41) is 8.57. The predicted molar refractivity (Wildman–Crippen MR) is 138 cm³/mol. The number of allylic oxidation sites excluding steroid dienone is 6. The van der Waals surface area contributed by atoms with E-state index in [-0.39, 0.29) is 6.42 Å². The zero-order valence-corrected chi connectivity index (χ0v) is 20.7. The number of aliphatic carboxylic acids is 1. The van der Waals surface area contributed by atoms with Crippen molar-refractivity contribution in [2.45, 2.75) is 142 Å². The van der Waals surface area contributed by atoms with Gasteiger partial charge in [0.2, 0.25) is 0 Å². The minimum absolute atomic E-state index is 0.279. The Hall–Kier alpha value is -1.31. The van der Waals surface area contributed by atoms with E-state index in [1.807, 2.05) is 0 Å². The number of hydrogen-bond donors (Lipinski definition) is 1. The molecule has 2 nitrogen and oxygen atoms in total. The van der Waals surface area contributed by atoms with Crippen LogP contribution in [0.15, 0.2) is 36.5 Å². The summed E-state index contributed by atoms with van der Waals surface area (Å²) >= 11 is 0. The van der Waals surface area contributed by atoms with E-state index in [4.69, 9.17) is 5.11 Å². The maximum absolute atomic E-state index is 10.4. The fourth-order valence-corrected chi connectivity index (χ4v) is 3.72. The highest BCUT2D eigenvalue weighted by atomic mass is 16.4. The van der Waals surface area contributed by atoms with Crippen LogP contribution in [0.2, 0.25) is 0 Å². The van der Waals surface area contributed by atoms with Crippen molar-refractivity contribution in [1.29, 1.82) is 0 Å². The average molecular weight is 433 g/mol. The highest BCUT2D eigenvalue weighted by Crippen LogP contribution is 2.12. The molecule has 1 N–H and O–H groups in total. The Kier molecular flexibility index (Phi) is 25.6. The minimum atomic E-state index is -0.696. The fourth-order valence-electron chi connectivity index (χ4n) is 3.72. The molecule has 0 heterocycles. The second kappa shape index (κ2) is 26.7. The zero-order valence-electron chi connectivity index (χ0n) is 20.7. The fraction of sp³-hybridized carbons (Fsp3) is 0.759. The molecular weight excluding hydrogens is 380 g/mol. The van der Waals surface area contributed by atoms with Crippen molar-refractivity contribution in [2.75, 3.05) is 0 Å². The van der Waals surface area contributed by atoms with Crippen molar-refractivity contribution in [3.8, 4) is 0 Å². The van der Waals surface area contributed by atoms with Crippen LogP contribution in [0.3, 0.4) is 0 Å². The Morgan fingerprint density at radius 3 is 1.19 bits per heavy atom. The van der Waals surface area contributed by atoms with Gasteiger partial charge in [-0.15, -0.1) is 0 Å². The molecule has 0 unspecified atom stereocenters. The number of carboxylic acid groups (broad SMARTS) is 1. The molecule has 2 heteroatoms. The summed E-state index contributed by atoms with van der Waals surface area (Å²) in [5.41, 5.74) is 0. The molecule has 180 valence electrons. The van der Waals surface area contributed by atoms with Crippen molar-refractivity contribution >= 4 is 5.97 Å². The Morgan fingerprint density at radius 2 is 0.806 bits per heavy atom. The summed E-state index contributed by atoms with van der Waals surface area (Å²) in [4.78, 5) is 10.4. The average Bonchev–Trinajstić information content (AvgIpc) is 2.76. The molecule has 0 aromatic heterocycles. The number of carbonyl (C=O) groups is 1. The first kappa shape index (κ1) is 29.7. The minimum Gasteiger partial charge on any atom is -0.481 e. The van der Waals surface area contributed by atoms with Gasteiger partial charge in [0.25, 0.3) is 0 Å². The van der Waals surface area contributed by atoms with Gasteiger partial charge in [0.05, 0.1) is 0 Å². The van der Waals surface area contributed by atoms with Gasteiger partial charge >= 0.3 is 5.97 Å². The molecule has 0 aliphatic carbocycles. The van der Waals surface area contributed by atoms with Crippen molar-refractivity contribution < 1.29 is 9.90 Å². The molecule has 31 heavy (non-hydrogen) atoms. The molecule has 0 aromatic rings. The van der Waals surface area contributed by atoms with Gasteiger partial charge in [0, 0.05) is 6.42 Å². The van der Waals surface area contributed by atoms with Crippen LogP contribution in [0.4, 0.5) is 0 Å². The molecule has 0 saturated carbocycles. The second-order valence-electron chi connectivity index (χ2n) is 8.89. The SMILES string of the molecule is CCCCC/C=C\CCCCCCCCCCCC/C=C\CC/C=C\CCCC(=O)O. The van der Waals surface area contributed by atoms with E-state index in [1.54, 1.807) is 0 Å². The van der Waals surface area contributed by atoms with E-state index < -0.39 is 5.97 Å². The molecule has 0 aromatic carbocycles. The summed E-state index contributed by atoms with van der Waals surface area (Å²) in [7, 11) is 0. The normalized spacial score (nSPS) is 12.0. The smallest absolute Gasteiger partial charge is 0.303 e. The zero-order chi connectivity index (χ0) is 22.7. The van der Waals surface area contributed by atoms with Crippen LogP contribution in [-0.2, 0) is 4.79 Å².